The fourth-order valence-electron chi connectivity index (χ4n) is 9.07. The second-order valence-electron chi connectivity index (χ2n) is 19.8. The normalized spacial score (nSPS) is 11.8. The average Bonchev–Trinajstić information content (AvgIpc) is 3.30. The van der Waals surface area contributed by atoms with E-state index in [1.54, 1.807) is 23.5 Å². The Morgan fingerprint density at radius 1 is 0.323 bits per heavy atom. The van der Waals surface area contributed by atoms with E-state index in [9.17, 15) is 9.59 Å². The summed E-state index contributed by atoms with van der Waals surface area (Å²) in [6.07, 6.45) is 55.8. The van der Waals surface area contributed by atoms with Crippen molar-refractivity contribution in [3.8, 4) is 0 Å². The third-order valence-electron chi connectivity index (χ3n) is 13.3. The Labute approximate surface area is 419 Å². The Bertz CT molecular complexity index is 884. The predicted octanol–water partition coefficient (Wildman–Crippen LogP) is 18.2. The number of hydrogen-bond acceptors (Lipinski definition) is 8. The van der Waals surface area contributed by atoms with Gasteiger partial charge in [-0.3, -0.25) is 0 Å². The summed E-state index contributed by atoms with van der Waals surface area (Å²) in [7, 11) is 0. The van der Waals surface area contributed by atoms with Gasteiger partial charge in [-0.25, -0.2) is 0 Å². The molecular weight excluding hydrogens is 951 g/mol. The third-order valence-corrected chi connectivity index (χ3v) is 25.1. The smallest absolute Gasteiger partial charge is 0.396 e. The van der Waals surface area contributed by atoms with E-state index in [-0.39, 0.29) is 11.9 Å². The van der Waals surface area contributed by atoms with Gasteiger partial charge in [0.2, 0.25) is 0 Å². The molecule has 0 aromatic rings. The van der Waals surface area contributed by atoms with Crippen LogP contribution in [0.4, 0.5) is 0 Å². The predicted molar refractivity (Wildman–Crippen MR) is 291 cm³/mol. The molecule has 0 aromatic heterocycles. The van der Waals surface area contributed by atoms with Crippen LogP contribution >= 0.6 is 23.5 Å². The van der Waals surface area contributed by atoms with Crippen molar-refractivity contribution in [3.63, 3.8) is 0 Å². The zero-order valence-corrected chi connectivity index (χ0v) is 48.1. The molecular formula is C56H112O6S2Sn. The zero-order chi connectivity index (χ0) is 47.3. The van der Waals surface area contributed by atoms with Gasteiger partial charge >= 0.3 is 283 Å². The number of unbranched alkanes of at least 4 members (excludes halogenated alkanes) is 40. The molecule has 0 saturated heterocycles. The Morgan fingerprint density at radius 3 is 0.785 bits per heavy atom. The molecule has 0 aromatic carbocycles. The van der Waals surface area contributed by atoms with Crippen LogP contribution in [0, 0.1) is 0 Å². The molecule has 0 amide bonds. The molecule has 0 aliphatic heterocycles. The molecule has 6 nitrogen and oxygen atoms in total. The molecule has 0 heterocycles. The van der Waals surface area contributed by atoms with E-state index in [1.165, 1.54) is 231 Å². The fourth-order valence-corrected chi connectivity index (χ4v) is 20.5. The first-order chi connectivity index (χ1) is 32.0. The van der Waals surface area contributed by atoms with Crippen LogP contribution in [0.25, 0.3) is 0 Å². The van der Waals surface area contributed by atoms with E-state index in [1.807, 2.05) is 0 Å². The Hall–Kier alpha value is 0.359. The van der Waals surface area contributed by atoms with Crippen molar-refractivity contribution >= 4 is 54.7 Å². The van der Waals surface area contributed by atoms with Crippen LogP contribution in [0.2, 0.25) is 8.87 Å². The number of aliphatic hydroxyl groups is 2. The summed E-state index contributed by atoms with van der Waals surface area (Å²) in [6, 6.07) is 0. The second kappa shape index (κ2) is 55.3. The molecule has 9 heteroatoms. The van der Waals surface area contributed by atoms with Crippen LogP contribution in [0.3, 0.4) is 0 Å². The standard InChI is InChI=1S/2C20H40O3S.2C8H17.Sn/c2*21-17-15-13-11-9-7-5-3-1-2-4-6-8-10-12-14-16-18-24-19-20(22)23;2*1-3-5-7-8-6-4-2;/h2*21H,1-19H2,(H,22,23);2*1,3-8H2,2H3;/q;;;;+2/p-2. The van der Waals surface area contributed by atoms with Gasteiger partial charge in [0.15, 0.2) is 0 Å². The summed E-state index contributed by atoms with van der Waals surface area (Å²) in [5.74, 6) is 2.51. The second-order valence-corrected chi connectivity index (χ2v) is 31.2. The van der Waals surface area contributed by atoms with E-state index in [0.29, 0.717) is 24.7 Å². The molecule has 388 valence electrons. The molecule has 0 aliphatic carbocycles. The first-order valence-electron chi connectivity index (χ1n) is 28.8. The molecule has 0 unspecified atom stereocenters. The van der Waals surface area contributed by atoms with Crippen LogP contribution in [-0.4, -0.2) is 77.6 Å². The molecule has 65 heavy (non-hydrogen) atoms. The van der Waals surface area contributed by atoms with Crippen LogP contribution in [0.15, 0.2) is 0 Å². The summed E-state index contributed by atoms with van der Waals surface area (Å²) in [5.41, 5.74) is 0. The van der Waals surface area contributed by atoms with Gasteiger partial charge < -0.3 is 10.2 Å². The molecule has 0 atom stereocenters. The van der Waals surface area contributed by atoms with Gasteiger partial charge in [-0.05, 0) is 12.8 Å². The van der Waals surface area contributed by atoms with Gasteiger partial charge in [0.05, 0.1) is 0 Å². The fraction of sp³-hybridized carbons (Fsp3) is 0.964. The number of carbonyl (C=O) groups excluding carboxylic acids is 2. The van der Waals surface area contributed by atoms with Gasteiger partial charge in [0.1, 0.15) is 0 Å². The van der Waals surface area contributed by atoms with E-state index >= 15 is 0 Å². The summed E-state index contributed by atoms with van der Waals surface area (Å²) in [4.78, 5) is 27.0. The Balaban J connectivity index is 4.57. The maximum absolute atomic E-state index is 13.5. The first-order valence-corrected chi connectivity index (χ1v) is 37.5. The van der Waals surface area contributed by atoms with Crippen LogP contribution in [-0.2, 0) is 15.7 Å². The van der Waals surface area contributed by atoms with Gasteiger partial charge in [0.25, 0.3) is 0 Å². The van der Waals surface area contributed by atoms with Crippen molar-refractivity contribution in [1.82, 2.24) is 0 Å². The molecule has 0 bridgehead atoms. The summed E-state index contributed by atoms with van der Waals surface area (Å²) >= 11 is -0.564. The van der Waals surface area contributed by atoms with Gasteiger partial charge in [-0.1, -0.05) is 103 Å². The quantitative estimate of drug-likeness (QED) is 0.0460. The molecule has 0 aliphatic rings. The number of aliphatic hydroxyl groups excluding tert-OH is 2. The molecule has 2 N–H and O–H groups in total. The topological polar surface area (TPSA) is 93.1 Å². The van der Waals surface area contributed by atoms with Crippen molar-refractivity contribution in [2.75, 3.05) is 36.2 Å². The van der Waals surface area contributed by atoms with Crippen LogP contribution in [0.5, 0.6) is 0 Å². The van der Waals surface area contributed by atoms with Gasteiger partial charge in [-0.15, -0.1) is 0 Å². The van der Waals surface area contributed by atoms with Crippen molar-refractivity contribution in [1.29, 1.82) is 0 Å². The number of thioether (sulfide) groups is 2. The Kier molecular flexibility index (Phi) is 55.6. The number of hydrogen-bond donors (Lipinski definition) is 2. The minimum atomic E-state index is -4.00. The van der Waals surface area contributed by atoms with E-state index < -0.39 is 19.2 Å². The minimum Gasteiger partial charge on any atom is -0.396 e. The summed E-state index contributed by atoms with van der Waals surface area (Å²) in [5, 5.41) is 17.8. The van der Waals surface area contributed by atoms with Gasteiger partial charge in [-0.2, -0.15) is 0 Å². The van der Waals surface area contributed by atoms with Crippen molar-refractivity contribution in [2.24, 2.45) is 0 Å². The molecule has 0 radical (unpaired) electrons. The van der Waals surface area contributed by atoms with Crippen LogP contribution < -0.4 is 0 Å². The summed E-state index contributed by atoms with van der Waals surface area (Å²) < 4.78 is 14.7. The van der Waals surface area contributed by atoms with Crippen molar-refractivity contribution in [3.05, 3.63) is 0 Å². The number of rotatable bonds is 56. The molecule has 0 fully saturated rings. The SMILES string of the molecule is CCCCCCC[CH2][Sn]([CH2]CCCCCCC)([O]C(=O)CSCCCCCCCCCCCCCCCCCCO)[O]C(=O)CSCCCCCCCCCCCCCCCCCCO. The molecule has 0 saturated carbocycles. The monoisotopic (exact) mass is 1060 g/mol. The van der Waals surface area contributed by atoms with E-state index in [2.05, 4.69) is 13.8 Å². The van der Waals surface area contributed by atoms with Crippen molar-refractivity contribution in [2.45, 2.75) is 305 Å². The zero-order valence-electron chi connectivity index (χ0n) is 43.6. The van der Waals surface area contributed by atoms with E-state index in [0.717, 1.165) is 71.7 Å². The van der Waals surface area contributed by atoms with Gasteiger partial charge in [0, 0.05) is 13.2 Å². The first kappa shape index (κ1) is 65.4. The molecule has 0 spiro atoms. The average molecular weight is 1060 g/mol. The molecule has 0 rings (SSSR count). The number of carbonyl (C=O) groups is 2. The van der Waals surface area contributed by atoms with E-state index in [4.69, 9.17) is 16.4 Å². The third kappa shape index (κ3) is 50.6. The van der Waals surface area contributed by atoms with Crippen LogP contribution in [0.1, 0.15) is 296 Å². The summed E-state index contributed by atoms with van der Waals surface area (Å²) in [6.45, 7) is 5.20. The maximum atomic E-state index is 13.5. The van der Waals surface area contributed by atoms with Crippen molar-refractivity contribution < 1.29 is 26.0 Å². The minimum absolute atomic E-state index is 0.127. The Morgan fingerprint density at radius 2 is 0.538 bits per heavy atom.